The quantitative estimate of drug-likeness (QED) is 0.337. The lowest BCUT2D eigenvalue weighted by Gasteiger charge is -2.07. The van der Waals surface area contributed by atoms with Crippen LogP contribution in [0.5, 0.6) is 0 Å². The van der Waals surface area contributed by atoms with E-state index in [1.807, 2.05) is 54.7 Å². The molecule has 0 spiro atoms. The van der Waals surface area contributed by atoms with Crippen LogP contribution < -0.4 is 5.73 Å². The summed E-state index contributed by atoms with van der Waals surface area (Å²) in [5.74, 6) is 0.104. The molecule has 3 rings (SSSR count). The van der Waals surface area contributed by atoms with Gasteiger partial charge in [0.25, 0.3) is 0 Å². The van der Waals surface area contributed by atoms with E-state index in [0.717, 1.165) is 21.5 Å². The molecule has 21 heavy (non-hydrogen) atoms. The number of fused-ring (bicyclic) bond motifs is 1. The zero-order chi connectivity index (χ0) is 14.8. The van der Waals surface area contributed by atoms with Crippen LogP contribution in [0.2, 0.25) is 5.02 Å². The minimum atomic E-state index is 0.104. The number of benzene rings is 2. The van der Waals surface area contributed by atoms with Crippen LogP contribution in [-0.2, 0) is 6.54 Å². The first kappa shape index (κ1) is 13.5. The Morgan fingerprint density at radius 1 is 1.19 bits per heavy atom. The normalized spacial score (nSPS) is 12.0. The van der Waals surface area contributed by atoms with Crippen molar-refractivity contribution in [1.29, 1.82) is 0 Å². The zero-order valence-corrected chi connectivity index (χ0v) is 12.0. The van der Waals surface area contributed by atoms with Crippen molar-refractivity contribution >= 4 is 28.3 Å². The van der Waals surface area contributed by atoms with Crippen LogP contribution in [-0.4, -0.2) is 15.6 Å². The molecule has 0 bridgehead atoms. The molecule has 0 unspecified atom stereocenters. The molecule has 0 saturated heterocycles. The number of nitrogens with zero attached hydrogens (tertiary/aromatic N) is 2. The Labute approximate surface area is 127 Å². The van der Waals surface area contributed by atoms with Gasteiger partial charge in [0.15, 0.2) is 5.84 Å². The van der Waals surface area contributed by atoms with Crippen LogP contribution in [0.25, 0.3) is 10.9 Å². The average molecular weight is 300 g/mol. The fourth-order valence-electron chi connectivity index (χ4n) is 2.37. The second-order valence-corrected chi connectivity index (χ2v) is 5.27. The van der Waals surface area contributed by atoms with Crippen LogP contribution >= 0.6 is 11.6 Å². The molecular weight excluding hydrogens is 286 g/mol. The summed E-state index contributed by atoms with van der Waals surface area (Å²) in [6.45, 7) is 0.712. The van der Waals surface area contributed by atoms with Crippen LogP contribution in [0.4, 0.5) is 0 Å². The molecular formula is C16H14ClN3O. The van der Waals surface area contributed by atoms with Gasteiger partial charge in [0.05, 0.1) is 0 Å². The Balaban J connectivity index is 2.02. The number of amidine groups is 1. The van der Waals surface area contributed by atoms with Gasteiger partial charge in [-0.05, 0) is 35.2 Å². The first-order valence-corrected chi connectivity index (χ1v) is 6.86. The van der Waals surface area contributed by atoms with Gasteiger partial charge in [-0.25, -0.2) is 0 Å². The fourth-order valence-corrected chi connectivity index (χ4v) is 2.58. The summed E-state index contributed by atoms with van der Waals surface area (Å²) in [6, 6.07) is 15.5. The fraction of sp³-hybridized carbons (Fsp3) is 0.0625. The summed E-state index contributed by atoms with van der Waals surface area (Å²) in [5.41, 5.74) is 8.49. The number of aromatic nitrogens is 1. The standard InChI is InChI=1S/C16H14ClN3O/c17-14-3-1-2-11(8-14)10-20-7-6-12-4-5-13(9-15(12)20)16(18)19-21/h1-9,21H,10H2,(H2,18,19). The minimum Gasteiger partial charge on any atom is -0.409 e. The van der Waals surface area contributed by atoms with E-state index in [2.05, 4.69) is 9.72 Å². The zero-order valence-electron chi connectivity index (χ0n) is 11.2. The Bertz CT molecular complexity index is 823. The van der Waals surface area contributed by atoms with E-state index >= 15 is 0 Å². The van der Waals surface area contributed by atoms with Crippen molar-refractivity contribution in [3.8, 4) is 0 Å². The summed E-state index contributed by atoms with van der Waals surface area (Å²) in [4.78, 5) is 0. The van der Waals surface area contributed by atoms with Gasteiger partial charge in [0.1, 0.15) is 0 Å². The summed E-state index contributed by atoms with van der Waals surface area (Å²) < 4.78 is 2.11. The van der Waals surface area contributed by atoms with E-state index in [1.54, 1.807) is 0 Å². The summed E-state index contributed by atoms with van der Waals surface area (Å²) in [7, 11) is 0. The second kappa shape index (κ2) is 5.50. The predicted octanol–water partition coefficient (Wildman–Crippen LogP) is 3.44. The molecule has 4 nitrogen and oxygen atoms in total. The van der Waals surface area contributed by atoms with Gasteiger partial charge in [-0.3, -0.25) is 0 Å². The minimum absolute atomic E-state index is 0.104. The molecule has 2 aromatic carbocycles. The first-order valence-electron chi connectivity index (χ1n) is 6.48. The Morgan fingerprint density at radius 3 is 2.81 bits per heavy atom. The van der Waals surface area contributed by atoms with Crippen LogP contribution in [0.15, 0.2) is 59.9 Å². The molecule has 106 valence electrons. The molecule has 0 aliphatic rings. The molecule has 3 N–H and O–H groups in total. The van der Waals surface area contributed by atoms with Crippen molar-refractivity contribution in [3.05, 3.63) is 70.9 Å². The number of hydrogen-bond acceptors (Lipinski definition) is 2. The van der Waals surface area contributed by atoms with Gasteiger partial charge in [0, 0.05) is 28.8 Å². The maximum Gasteiger partial charge on any atom is 0.170 e. The van der Waals surface area contributed by atoms with Crippen molar-refractivity contribution < 1.29 is 5.21 Å². The average Bonchev–Trinajstić information content (AvgIpc) is 2.89. The molecule has 0 aliphatic carbocycles. The Morgan fingerprint density at radius 2 is 2.05 bits per heavy atom. The molecule has 1 heterocycles. The molecule has 0 atom stereocenters. The predicted molar refractivity (Wildman–Crippen MR) is 85.0 cm³/mol. The highest BCUT2D eigenvalue weighted by Crippen LogP contribution is 2.20. The van der Waals surface area contributed by atoms with Crippen molar-refractivity contribution in [2.75, 3.05) is 0 Å². The maximum absolute atomic E-state index is 8.79. The van der Waals surface area contributed by atoms with Gasteiger partial charge in [0.2, 0.25) is 0 Å². The third kappa shape index (κ3) is 2.71. The van der Waals surface area contributed by atoms with Crippen molar-refractivity contribution in [2.24, 2.45) is 10.9 Å². The highest BCUT2D eigenvalue weighted by molar-refractivity contribution is 6.30. The maximum atomic E-state index is 8.79. The van der Waals surface area contributed by atoms with Gasteiger partial charge < -0.3 is 15.5 Å². The highest BCUT2D eigenvalue weighted by atomic mass is 35.5. The van der Waals surface area contributed by atoms with Gasteiger partial charge in [-0.1, -0.05) is 41.0 Å². The van der Waals surface area contributed by atoms with Crippen molar-refractivity contribution in [3.63, 3.8) is 0 Å². The Kier molecular flexibility index (Phi) is 3.54. The van der Waals surface area contributed by atoms with Crippen LogP contribution in [0.1, 0.15) is 11.1 Å². The van der Waals surface area contributed by atoms with E-state index in [1.165, 1.54) is 0 Å². The molecule has 5 heteroatoms. The van der Waals surface area contributed by atoms with Gasteiger partial charge >= 0.3 is 0 Å². The number of oxime groups is 1. The lowest BCUT2D eigenvalue weighted by molar-refractivity contribution is 0.318. The number of hydrogen-bond donors (Lipinski definition) is 2. The lowest BCUT2D eigenvalue weighted by Crippen LogP contribution is -2.13. The smallest absolute Gasteiger partial charge is 0.170 e. The Hall–Kier alpha value is -2.46. The van der Waals surface area contributed by atoms with E-state index in [-0.39, 0.29) is 5.84 Å². The molecule has 0 radical (unpaired) electrons. The third-order valence-corrected chi connectivity index (χ3v) is 3.65. The van der Waals surface area contributed by atoms with E-state index in [9.17, 15) is 0 Å². The van der Waals surface area contributed by atoms with Crippen molar-refractivity contribution in [1.82, 2.24) is 4.57 Å². The highest BCUT2D eigenvalue weighted by Gasteiger charge is 2.06. The molecule has 1 aromatic heterocycles. The van der Waals surface area contributed by atoms with Crippen LogP contribution in [0.3, 0.4) is 0 Å². The molecule has 0 amide bonds. The topological polar surface area (TPSA) is 63.5 Å². The van der Waals surface area contributed by atoms with Gasteiger partial charge in [-0.2, -0.15) is 0 Å². The summed E-state index contributed by atoms with van der Waals surface area (Å²) in [5, 5.41) is 13.7. The largest absolute Gasteiger partial charge is 0.409 e. The van der Waals surface area contributed by atoms with E-state index in [0.29, 0.717) is 12.1 Å². The summed E-state index contributed by atoms with van der Waals surface area (Å²) in [6.07, 6.45) is 2.02. The molecule has 3 aromatic rings. The lowest BCUT2D eigenvalue weighted by atomic mass is 10.1. The second-order valence-electron chi connectivity index (χ2n) is 4.83. The molecule has 0 aliphatic heterocycles. The number of nitrogens with two attached hydrogens (primary N) is 1. The molecule has 0 fully saturated rings. The van der Waals surface area contributed by atoms with Crippen LogP contribution in [0, 0.1) is 0 Å². The molecule has 0 saturated carbocycles. The monoisotopic (exact) mass is 299 g/mol. The first-order chi connectivity index (χ1) is 10.2. The van der Waals surface area contributed by atoms with E-state index in [4.69, 9.17) is 22.5 Å². The number of rotatable bonds is 3. The van der Waals surface area contributed by atoms with Crippen molar-refractivity contribution in [2.45, 2.75) is 6.54 Å². The number of halogens is 1. The third-order valence-electron chi connectivity index (χ3n) is 3.42. The SMILES string of the molecule is N/C(=N/O)c1ccc2ccn(Cc3cccc(Cl)c3)c2c1. The van der Waals surface area contributed by atoms with Gasteiger partial charge in [-0.15, -0.1) is 0 Å². The summed E-state index contributed by atoms with van der Waals surface area (Å²) >= 11 is 6.02. The van der Waals surface area contributed by atoms with E-state index < -0.39 is 0 Å².